The summed E-state index contributed by atoms with van der Waals surface area (Å²) in [6.07, 6.45) is 3.75. The summed E-state index contributed by atoms with van der Waals surface area (Å²) in [5.41, 5.74) is 1.83. The molecule has 2 heterocycles. The van der Waals surface area contributed by atoms with Gasteiger partial charge in [0.2, 0.25) is 5.91 Å². The van der Waals surface area contributed by atoms with E-state index >= 15 is 0 Å². The lowest BCUT2D eigenvalue weighted by Crippen LogP contribution is -2.33. The van der Waals surface area contributed by atoms with E-state index in [1.165, 1.54) is 12.1 Å². The molecule has 0 saturated carbocycles. The van der Waals surface area contributed by atoms with E-state index in [9.17, 15) is 9.18 Å². The van der Waals surface area contributed by atoms with Crippen LogP contribution < -0.4 is 10.6 Å². The van der Waals surface area contributed by atoms with Crippen LogP contribution in [-0.2, 0) is 18.4 Å². The summed E-state index contributed by atoms with van der Waals surface area (Å²) in [5.74, 6) is -0.515. The molecular weight excluding hydrogens is 354 g/mol. The maximum atomic E-state index is 13.1. The maximum absolute atomic E-state index is 13.1. The smallest absolute Gasteiger partial charge is 0.225 e. The van der Waals surface area contributed by atoms with Gasteiger partial charge >= 0.3 is 0 Å². The number of aromatic nitrogens is 2. The van der Waals surface area contributed by atoms with Gasteiger partial charge in [0.1, 0.15) is 5.82 Å². The number of rotatable bonds is 4. The van der Waals surface area contributed by atoms with Crippen LogP contribution in [0, 0.1) is 11.7 Å². The molecule has 5 nitrogen and oxygen atoms in total. The molecule has 1 aliphatic rings. The van der Waals surface area contributed by atoms with E-state index in [1.807, 2.05) is 13.2 Å². The summed E-state index contributed by atoms with van der Waals surface area (Å²) < 4.78 is 14.9. The van der Waals surface area contributed by atoms with Gasteiger partial charge in [0.05, 0.1) is 17.1 Å². The molecule has 0 spiro atoms. The number of carbonyl (C=O) groups excluding carboxylic acids is 1. The van der Waals surface area contributed by atoms with Gasteiger partial charge in [-0.3, -0.25) is 9.48 Å². The Morgan fingerprint density at radius 2 is 2.29 bits per heavy atom. The Hall–Kier alpha value is -1.63. The van der Waals surface area contributed by atoms with Crippen molar-refractivity contribution in [2.75, 3.05) is 13.1 Å². The van der Waals surface area contributed by atoms with Crippen molar-refractivity contribution in [2.24, 2.45) is 13.0 Å². The molecule has 1 aromatic carbocycles. The van der Waals surface area contributed by atoms with Gasteiger partial charge in [0.25, 0.3) is 0 Å². The van der Waals surface area contributed by atoms with Crippen LogP contribution in [0.3, 0.4) is 0 Å². The minimum Gasteiger partial charge on any atom is -0.352 e. The van der Waals surface area contributed by atoms with E-state index in [-0.39, 0.29) is 35.2 Å². The lowest BCUT2D eigenvalue weighted by molar-refractivity contribution is -0.125. The average molecular weight is 373 g/mol. The van der Waals surface area contributed by atoms with Gasteiger partial charge in [-0.2, -0.15) is 5.10 Å². The number of benzene rings is 1. The van der Waals surface area contributed by atoms with Gasteiger partial charge in [-0.05, 0) is 23.3 Å². The van der Waals surface area contributed by atoms with Crippen LogP contribution in [0.25, 0.3) is 0 Å². The quantitative estimate of drug-likeness (QED) is 0.865. The van der Waals surface area contributed by atoms with E-state index in [4.69, 9.17) is 11.6 Å². The molecule has 8 heteroatoms. The topological polar surface area (TPSA) is 59.0 Å². The highest BCUT2D eigenvalue weighted by Crippen LogP contribution is 2.28. The minimum absolute atomic E-state index is 0. The molecule has 3 rings (SSSR count). The van der Waals surface area contributed by atoms with E-state index in [2.05, 4.69) is 15.7 Å². The second kappa shape index (κ2) is 7.96. The summed E-state index contributed by atoms with van der Waals surface area (Å²) in [4.78, 5) is 12.5. The van der Waals surface area contributed by atoms with Crippen molar-refractivity contribution >= 4 is 29.9 Å². The fourth-order valence-electron chi connectivity index (χ4n) is 2.91. The zero-order chi connectivity index (χ0) is 16.4. The molecule has 1 aromatic heterocycles. The summed E-state index contributed by atoms with van der Waals surface area (Å²) in [5, 5.41) is 10.4. The molecular formula is C16H19Cl2FN4O. The molecule has 2 aromatic rings. The number of nitrogens with one attached hydrogen (secondary N) is 2. The Bertz CT molecular complexity index is 722. The van der Waals surface area contributed by atoms with Crippen LogP contribution in [0.1, 0.15) is 17.0 Å². The number of hydrogen-bond acceptors (Lipinski definition) is 3. The van der Waals surface area contributed by atoms with Crippen molar-refractivity contribution < 1.29 is 9.18 Å². The normalized spacial score (nSPS) is 19.8. The van der Waals surface area contributed by atoms with Crippen molar-refractivity contribution in [1.82, 2.24) is 20.4 Å². The predicted molar refractivity (Wildman–Crippen MR) is 92.8 cm³/mol. The lowest BCUT2D eigenvalue weighted by Gasteiger charge is -2.17. The first kappa shape index (κ1) is 18.7. The highest BCUT2D eigenvalue weighted by molar-refractivity contribution is 6.30. The molecule has 1 saturated heterocycles. The summed E-state index contributed by atoms with van der Waals surface area (Å²) in [7, 11) is 1.86. The third kappa shape index (κ3) is 4.06. The molecule has 0 aliphatic carbocycles. The highest BCUT2D eigenvalue weighted by atomic mass is 35.5. The zero-order valence-corrected chi connectivity index (χ0v) is 14.7. The number of hydrogen-bond donors (Lipinski definition) is 2. The number of carbonyl (C=O) groups is 1. The second-order valence-corrected chi connectivity index (χ2v) is 6.19. The predicted octanol–water partition coefficient (Wildman–Crippen LogP) is 2.25. The van der Waals surface area contributed by atoms with Crippen LogP contribution in [0.15, 0.2) is 30.6 Å². The highest BCUT2D eigenvalue weighted by Gasteiger charge is 2.34. The first-order chi connectivity index (χ1) is 11.0. The summed E-state index contributed by atoms with van der Waals surface area (Å²) in [6.45, 7) is 1.72. The monoisotopic (exact) mass is 372 g/mol. The third-order valence-electron chi connectivity index (χ3n) is 4.15. The molecule has 0 bridgehead atoms. The molecule has 1 aliphatic heterocycles. The van der Waals surface area contributed by atoms with Crippen molar-refractivity contribution in [3.8, 4) is 0 Å². The Balaban J connectivity index is 0.00000208. The van der Waals surface area contributed by atoms with E-state index in [0.29, 0.717) is 13.1 Å². The van der Waals surface area contributed by atoms with Crippen molar-refractivity contribution in [2.45, 2.75) is 12.5 Å². The number of amides is 1. The molecule has 2 atom stereocenters. The van der Waals surface area contributed by atoms with E-state index in [0.717, 1.165) is 17.7 Å². The average Bonchev–Trinajstić information content (AvgIpc) is 3.16. The second-order valence-electron chi connectivity index (χ2n) is 5.78. The molecule has 0 unspecified atom stereocenters. The Kier molecular flexibility index (Phi) is 6.21. The Morgan fingerprint density at radius 1 is 1.50 bits per heavy atom. The molecule has 0 radical (unpaired) electrons. The third-order valence-corrected chi connectivity index (χ3v) is 4.44. The van der Waals surface area contributed by atoms with Gasteiger partial charge in [0, 0.05) is 38.8 Å². The van der Waals surface area contributed by atoms with Crippen molar-refractivity contribution in [1.29, 1.82) is 0 Å². The fraction of sp³-hybridized carbons (Fsp3) is 0.375. The van der Waals surface area contributed by atoms with Crippen LogP contribution >= 0.6 is 24.0 Å². The zero-order valence-electron chi connectivity index (χ0n) is 13.1. The fourth-order valence-corrected chi connectivity index (χ4v) is 3.11. The van der Waals surface area contributed by atoms with E-state index in [1.54, 1.807) is 16.9 Å². The SMILES string of the molecule is Cl.Cn1cc([C@H]2CNC[C@@H]2C(=O)NCc2ccc(F)c(Cl)c2)cn1. The lowest BCUT2D eigenvalue weighted by atomic mass is 9.90. The van der Waals surface area contributed by atoms with Crippen LogP contribution in [-0.4, -0.2) is 28.8 Å². The summed E-state index contributed by atoms with van der Waals surface area (Å²) in [6, 6.07) is 4.45. The molecule has 130 valence electrons. The standard InChI is InChI=1S/C16H18ClFN4O.ClH/c1-22-9-11(6-21-22)12-7-19-8-13(12)16(23)20-5-10-2-3-15(18)14(17)4-10;/h2-4,6,9,12-13,19H,5,7-8H2,1H3,(H,20,23);1H/t12-,13+;/m1./s1. The Morgan fingerprint density at radius 3 is 2.96 bits per heavy atom. The Labute approximate surface area is 151 Å². The van der Waals surface area contributed by atoms with Crippen LogP contribution in [0.5, 0.6) is 0 Å². The number of aryl methyl sites for hydroxylation is 1. The van der Waals surface area contributed by atoms with Gasteiger partial charge in [-0.25, -0.2) is 4.39 Å². The number of nitrogens with zero attached hydrogens (tertiary/aromatic N) is 2. The maximum Gasteiger partial charge on any atom is 0.225 e. The van der Waals surface area contributed by atoms with Gasteiger partial charge in [0.15, 0.2) is 0 Å². The largest absolute Gasteiger partial charge is 0.352 e. The molecule has 24 heavy (non-hydrogen) atoms. The van der Waals surface area contributed by atoms with Crippen molar-refractivity contribution in [3.05, 3.63) is 52.6 Å². The first-order valence-corrected chi connectivity index (χ1v) is 7.83. The molecule has 2 N–H and O–H groups in total. The first-order valence-electron chi connectivity index (χ1n) is 7.45. The number of halogens is 3. The minimum atomic E-state index is -0.460. The van der Waals surface area contributed by atoms with Crippen LogP contribution in [0.2, 0.25) is 5.02 Å². The summed E-state index contributed by atoms with van der Waals surface area (Å²) >= 11 is 5.75. The van der Waals surface area contributed by atoms with Crippen molar-refractivity contribution in [3.63, 3.8) is 0 Å². The van der Waals surface area contributed by atoms with Gasteiger partial charge in [-0.15, -0.1) is 12.4 Å². The van der Waals surface area contributed by atoms with Crippen LogP contribution in [0.4, 0.5) is 4.39 Å². The van der Waals surface area contributed by atoms with Gasteiger partial charge < -0.3 is 10.6 Å². The molecule has 1 amide bonds. The van der Waals surface area contributed by atoms with E-state index < -0.39 is 5.82 Å². The van der Waals surface area contributed by atoms with Gasteiger partial charge in [-0.1, -0.05) is 17.7 Å². The molecule has 1 fully saturated rings.